The van der Waals surface area contributed by atoms with Crippen LogP contribution in [0.3, 0.4) is 0 Å². The van der Waals surface area contributed by atoms with Crippen molar-refractivity contribution in [1.82, 2.24) is 14.7 Å². The van der Waals surface area contributed by atoms with E-state index in [2.05, 4.69) is 10.2 Å². The van der Waals surface area contributed by atoms with Gasteiger partial charge in [0.15, 0.2) is 0 Å². The minimum atomic E-state index is -4.51. The van der Waals surface area contributed by atoms with Crippen molar-refractivity contribution >= 4 is 23.2 Å². The fraction of sp³-hybridized carbons (Fsp3) is 0.636. The predicted octanol–water partition coefficient (Wildman–Crippen LogP) is 2.20. The van der Waals surface area contributed by atoms with Gasteiger partial charge in [-0.1, -0.05) is 0 Å². The lowest BCUT2D eigenvalue weighted by atomic mass is 10.1. The molecule has 3 rings (SSSR count). The first-order valence-electron chi connectivity index (χ1n) is 10.9. The molecule has 0 aliphatic carbocycles. The molecule has 10 heteroatoms. The van der Waals surface area contributed by atoms with Crippen LogP contribution in [-0.2, 0) is 15.8 Å². The van der Waals surface area contributed by atoms with Gasteiger partial charge < -0.3 is 24.9 Å². The summed E-state index contributed by atoms with van der Waals surface area (Å²) in [5.74, 6) is -1.08. The molecule has 2 fully saturated rings. The van der Waals surface area contributed by atoms with Crippen molar-refractivity contribution < 1.29 is 22.8 Å². The number of nitrogens with one attached hydrogen (secondary N) is 1. The summed E-state index contributed by atoms with van der Waals surface area (Å²) in [6.45, 7) is 4.58. The Labute approximate surface area is 187 Å². The highest BCUT2D eigenvalue weighted by Gasteiger charge is 2.36. The van der Waals surface area contributed by atoms with Gasteiger partial charge >= 0.3 is 6.18 Å². The number of hydrogen-bond acceptors (Lipinski definition) is 5. The van der Waals surface area contributed by atoms with E-state index in [1.807, 2.05) is 30.9 Å². The monoisotopic (exact) mass is 455 g/mol. The molecule has 1 aromatic rings. The molecule has 32 heavy (non-hydrogen) atoms. The first kappa shape index (κ1) is 24.3. The number of benzene rings is 1. The molecule has 2 saturated heterocycles. The van der Waals surface area contributed by atoms with Crippen LogP contribution < -0.4 is 10.2 Å². The summed E-state index contributed by atoms with van der Waals surface area (Å²) in [5.41, 5.74) is -0.0852. The predicted molar refractivity (Wildman–Crippen MR) is 118 cm³/mol. The summed E-state index contributed by atoms with van der Waals surface area (Å²) < 4.78 is 40.0. The molecular weight excluding hydrogens is 423 g/mol. The molecule has 0 saturated carbocycles. The highest BCUT2D eigenvalue weighted by atomic mass is 19.4. The van der Waals surface area contributed by atoms with Crippen molar-refractivity contribution in [3.8, 4) is 0 Å². The minimum Gasteiger partial charge on any atom is -0.367 e. The van der Waals surface area contributed by atoms with Crippen LogP contribution in [0.5, 0.6) is 0 Å². The second-order valence-corrected chi connectivity index (χ2v) is 8.91. The number of anilines is 2. The van der Waals surface area contributed by atoms with Gasteiger partial charge in [-0.2, -0.15) is 13.2 Å². The number of likely N-dealkylation sites (N-methyl/N-ethyl adjacent to an activating group) is 1. The molecule has 0 radical (unpaired) electrons. The van der Waals surface area contributed by atoms with E-state index in [0.717, 1.165) is 38.2 Å². The molecule has 1 N–H and O–H groups in total. The maximum absolute atomic E-state index is 13.3. The maximum atomic E-state index is 13.3. The number of rotatable bonds is 7. The van der Waals surface area contributed by atoms with E-state index in [1.54, 1.807) is 4.90 Å². The Balaban J connectivity index is 1.73. The van der Waals surface area contributed by atoms with E-state index in [-0.39, 0.29) is 18.0 Å². The van der Waals surface area contributed by atoms with Crippen molar-refractivity contribution in [3.05, 3.63) is 23.8 Å². The molecule has 178 valence electrons. The van der Waals surface area contributed by atoms with Gasteiger partial charge in [-0.05, 0) is 52.3 Å². The van der Waals surface area contributed by atoms with Crippen LogP contribution in [0.2, 0.25) is 0 Å². The molecule has 2 aliphatic heterocycles. The van der Waals surface area contributed by atoms with Crippen LogP contribution in [0.4, 0.5) is 24.5 Å². The lowest BCUT2D eigenvalue weighted by Crippen LogP contribution is -2.44. The number of likely N-dealkylation sites (tertiary alicyclic amines) is 1. The fourth-order valence-corrected chi connectivity index (χ4v) is 4.11. The Hall–Kier alpha value is -2.33. The number of alkyl halides is 3. The smallest absolute Gasteiger partial charge is 0.367 e. The van der Waals surface area contributed by atoms with E-state index < -0.39 is 23.6 Å². The zero-order chi connectivity index (χ0) is 23.5. The number of amides is 2. The molecule has 2 heterocycles. The second-order valence-electron chi connectivity index (χ2n) is 8.91. The van der Waals surface area contributed by atoms with Crippen molar-refractivity contribution in [3.63, 3.8) is 0 Å². The summed E-state index contributed by atoms with van der Waals surface area (Å²) in [4.78, 5) is 33.1. The van der Waals surface area contributed by atoms with Gasteiger partial charge in [0.05, 0.1) is 22.9 Å². The van der Waals surface area contributed by atoms with Crippen molar-refractivity contribution in [2.75, 3.05) is 77.2 Å². The minimum absolute atomic E-state index is 0.0800. The van der Waals surface area contributed by atoms with E-state index in [4.69, 9.17) is 0 Å². The number of carbonyl (C=O) groups is 2. The van der Waals surface area contributed by atoms with Crippen LogP contribution >= 0.6 is 0 Å². The van der Waals surface area contributed by atoms with E-state index in [1.165, 1.54) is 6.07 Å². The maximum Gasteiger partial charge on any atom is 0.416 e. The molecule has 2 aliphatic rings. The molecule has 7 nitrogen and oxygen atoms in total. The van der Waals surface area contributed by atoms with E-state index in [0.29, 0.717) is 31.9 Å². The summed E-state index contributed by atoms with van der Waals surface area (Å²) in [6, 6.07) is 3.48. The average molecular weight is 456 g/mol. The summed E-state index contributed by atoms with van der Waals surface area (Å²) >= 11 is 0. The summed E-state index contributed by atoms with van der Waals surface area (Å²) in [6.07, 6.45) is -3.63. The highest BCUT2D eigenvalue weighted by molar-refractivity contribution is 5.99. The summed E-state index contributed by atoms with van der Waals surface area (Å²) in [7, 11) is 5.90. The third kappa shape index (κ3) is 6.13. The van der Waals surface area contributed by atoms with Gasteiger partial charge in [0.2, 0.25) is 11.8 Å². The number of piperazine rings is 1. The Bertz CT molecular complexity index is 822. The number of nitrogens with zero attached hydrogens (tertiary/aromatic N) is 4. The summed E-state index contributed by atoms with van der Waals surface area (Å²) in [5, 5.41) is 2.71. The molecule has 0 aromatic heterocycles. The standard InChI is InChI=1S/C22H32F3N5O2/c1-27(2)7-4-8-30-15-16(13-20(30)31)21(32)26-18-14-17(22(23,24)25)5-6-19(18)29-11-9-28(3)10-12-29/h5-6,14,16H,4,7-13,15H2,1-3H3,(H,26,32). The Morgan fingerprint density at radius 1 is 1.19 bits per heavy atom. The Morgan fingerprint density at radius 3 is 2.50 bits per heavy atom. The lowest BCUT2D eigenvalue weighted by Gasteiger charge is -2.35. The van der Waals surface area contributed by atoms with Gasteiger partial charge in [0, 0.05) is 45.7 Å². The van der Waals surface area contributed by atoms with Crippen molar-refractivity contribution in [2.45, 2.75) is 19.0 Å². The van der Waals surface area contributed by atoms with Crippen LogP contribution in [-0.4, -0.2) is 93.5 Å². The first-order valence-corrected chi connectivity index (χ1v) is 10.9. The normalized spacial score (nSPS) is 20.3. The van der Waals surface area contributed by atoms with Gasteiger partial charge in [-0.15, -0.1) is 0 Å². The molecule has 0 bridgehead atoms. The Morgan fingerprint density at radius 2 is 1.88 bits per heavy atom. The molecule has 0 spiro atoms. The zero-order valence-corrected chi connectivity index (χ0v) is 18.9. The third-order valence-corrected chi connectivity index (χ3v) is 6.04. The topological polar surface area (TPSA) is 59.1 Å². The Kier molecular flexibility index (Phi) is 7.66. The van der Waals surface area contributed by atoms with E-state index >= 15 is 0 Å². The van der Waals surface area contributed by atoms with Crippen LogP contribution in [0.1, 0.15) is 18.4 Å². The van der Waals surface area contributed by atoms with Crippen LogP contribution in [0.15, 0.2) is 18.2 Å². The van der Waals surface area contributed by atoms with Gasteiger partial charge in [-0.25, -0.2) is 0 Å². The molecule has 1 atom stereocenters. The molecule has 2 amide bonds. The number of halogens is 3. The fourth-order valence-electron chi connectivity index (χ4n) is 4.11. The zero-order valence-electron chi connectivity index (χ0n) is 18.9. The molecule has 1 aromatic carbocycles. The molecule has 1 unspecified atom stereocenters. The first-order chi connectivity index (χ1) is 15.0. The van der Waals surface area contributed by atoms with Crippen LogP contribution in [0.25, 0.3) is 0 Å². The SMILES string of the molecule is CN(C)CCCN1CC(C(=O)Nc2cc(C(F)(F)F)ccc2N2CCN(C)CC2)CC1=O. The van der Waals surface area contributed by atoms with Gasteiger partial charge in [-0.3, -0.25) is 9.59 Å². The number of carbonyl (C=O) groups excluding carboxylic acids is 2. The van der Waals surface area contributed by atoms with Gasteiger partial charge in [0.25, 0.3) is 0 Å². The second kappa shape index (κ2) is 10.1. The largest absolute Gasteiger partial charge is 0.416 e. The third-order valence-electron chi connectivity index (χ3n) is 6.04. The van der Waals surface area contributed by atoms with Crippen molar-refractivity contribution in [1.29, 1.82) is 0 Å². The van der Waals surface area contributed by atoms with E-state index in [9.17, 15) is 22.8 Å². The highest BCUT2D eigenvalue weighted by Crippen LogP contribution is 2.36. The quantitative estimate of drug-likeness (QED) is 0.683. The van der Waals surface area contributed by atoms with Crippen molar-refractivity contribution in [2.24, 2.45) is 5.92 Å². The molecular formula is C22H32F3N5O2. The average Bonchev–Trinajstić information content (AvgIpc) is 3.08. The van der Waals surface area contributed by atoms with Gasteiger partial charge in [0.1, 0.15) is 0 Å². The number of hydrogen-bond donors (Lipinski definition) is 1. The lowest BCUT2D eigenvalue weighted by molar-refractivity contribution is -0.137. The van der Waals surface area contributed by atoms with Crippen LogP contribution in [0, 0.1) is 5.92 Å².